The molecule has 0 saturated heterocycles. The van der Waals surface area contributed by atoms with Gasteiger partial charge in [0, 0.05) is 11.1 Å². The fourth-order valence-corrected chi connectivity index (χ4v) is 4.26. The summed E-state index contributed by atoms with van der Waals surface area (Å²) in [6.07, 6.45) is 0.822. The van der Waals surface area contributed by atoms with Gasteiger partial charge in [0.15, 0.2) is 0 Å². The lowest BCUT2D eigenvalue weighted by Crippen LogP contribution is -2.22. The predicted octanol–water partition coefficient (Wildman–Crippen LogP) is 5.65. The summed E-state index contributed by atoms with van der Waals surface area (Å²) in [7, 11) is 0. The highest BCUT2D eigenvalue weighted by Crippen LogP contribution is 2.59. The van der Waals surface area contributed by atoms with Gasteiger partial charge in [-0.15, -0.1) is 0 Å². The van der Waals surface area contributed by atoms with Gasteiger partial charge in [-0.1, -0.05) is 59.7 Å². The molecule has 3 heteroatoms. The van der Waals surface area contributed by atoms with Crippen LogP contribution in [0, 0.1) is 19.8 Å². The van der Waals surface area contributed by atoms with Crippen LogP contribution in [0.5, 0.6) is 5.75 Å². The zero-order valence-corrected chi connectivity index (χ0v) is 17.2. The maximum absolute atomic E-state index is 13.2. The van der Waals surface area contributed by atoms with Crippen molar-refractivity contribution in [2.45, 2.75) is 32.6 Å². The number of nitrogens with one attached hydrogen (secondary N) is 1. The molecule has 4 rings (SSSR count). The second-order valence-electron chi connectivity index (χ2n) is 7.91. The normalized spacial score (nSPS) is 16.9. The third-order valence-electron chi connectivity index (χ3n) is 5.78. The molecule has 0 aromatic heterocycles. The Bertz CT molecular complexity index is 977. The average molecular weight is 386 g/mol. The maximum Gasteiger partial charge on any atom is 0.228 e. The third kappa shape index (κ3) is 3.77. The van der Waals surface area contributed by atoms with Crippen molar-refractivity contribution in [3.8, 4) is 5.75 Å². The van der Waals surface area contributed by atoms with Crippen LogP contribution in [0.1, 0.15) is 35.6 Å². The van der Waals surface area contributed by atoms with Crippen molar-refractivity contribution in [2.75, 3.05) is 11.9 Å². The Morgan fingerprint density at radius 3 is 2.07 bits per heavy atom. The van der Waals surface area contributed by atoms with E-state index in [2.05, 4.69) is 67.7 Å². The van der Waals surface area contributed by atoms with E-state index in [1.54, 1.807) is 0 Å². The quantitative estimate of drug-likeness (QED) is 0.596. The van der Waals surface area contributed by atoms with Crippen LogP contribution in [0.2, 0.25) is 0 Å². The number of carbonyl (C=O) groups excluding carboxylic acids is 1. The van der Waals surface area contributed by atoms with Gasteiger partial charge >= 0.3 is 0 Å². The van der Waals surface area contributed by atoms with Gasteiger partial charge in [0.1, 0.15) is 5.75 Å². The van der Waals surface area contributed by atoms with Gasteiger partial charge in [0.25, 0.3) is 0 Å². The minimum atomic E-state index is -0.257. The van der Waals surface area contributed by atoms with Gasteiger partial charge in [0.2, 0.25) is 5.91 Å². The molecule has 1 aliphatic carbocycles. The van der Waals surface area contributed by atoms with Crippen molar-refractivity contribution < 1.29 is 9.53 Å². The molecular weight excluding hydrogens is 358 g/mol. The van der Waals surface area contributed by atoms with E-state index in [-0.39, 0.29) is 17.2 Å². The van der Waals surface area contributed by atoms with Gasteiger partial charge in [-0.05, 0) is 62.6 Å². The van der Waals surface area contributed by atoms with Gasteiger partial charge in [-0.3, -0.25) is 4.79 Å². The first-order valence-electron chi connectivity index (χ1n) is 10.2. The second kappa shape index (κ2) is 7.75. The highest BCUT2D eigenvalue weighted by atomic mass is 16.5. The lowest BCUT2D eigenvalue weighted by molar-refractivity contribution is -0.117. The Morgan fingerprint density at radius 2 is 1.55 bits per heavy atom. The summed E-state index contributed by atoms with van der Waals surface area (Å²) >= 11 is 0. The minimum Gasteiger partial charge on any atom is -0.494 e. The Morgan fingerprint density at radius 1 is 0.966 bits per heavy atom. The van der Waals surface area contributed by atoms with E-state index in [1.165, 1.54) is 22.3 Å². The Balaban J connectivity index is 1.62. The van der Waals surface area contributed by atoms with Crippen LogP contribution >= 0.6 is 0 Å². The minimum absolute atomic E-state index is 0.0668. The van der Waals surface area contributed by atoms with Crippen molar-refractivity contribution in [3.63, 3.8) is 0 Å². The van der Waals surface area contributed by atoms with Crippen molar-refractivity contribution >= 4 is 11.6 Å². The highest BCUT2D eigenvalue weighted by molar-refractivity contribution is 5.97. The first kappa shape index (κ1) is 19.3. The van der Waals surface area contributed by atoms with E-state index in [0.29, 0.717) is 6.61 Å². The zero-order valence-electron chi connectivity index (χ0n) is 17.2. The van der Waals surface area contributed by atoms with Crippen LogP contribution in [-0.2, 0) is 10.2 Å². The topological polar surface area (TPSA) is 38.3 Å². The van der Waals surface area contributed by atoms with Crippen LogP contribution in [0.4, 0.5) is 5.69 Å². The van der Waals surface area contributed by atoms with Crippen molar-refractivity contribution in [3.05, 3.63) is 95.1 Å². The number of amides is 1. The standard InChI is InChI=1S/C26H27NO2/c1-4-29-23-13-11-22(12-14-23)27-25(28)24-17-26(24,20-9-5-7-18(2)15-20)21-10-6-8-19(3)16-21/h5-16,24H,4,17H2,1-3H3,(H,27,28)/t24-/m1/s1. The molecule has 1 fully saturated rings. The fraction of sp³-hybridized carbons (Fsp3) is 0.269. The molecule has 1 aliphatic rings. The SMILES string of the molecule is CCOc1ccc(NC(=O)[C@H]2CC2(c2cccc(C)c2)c2cccc(C)c2)cc1. The molecule has 0 heterocycles. The van der Waals surface area contributed by atoms with Gasteiger partial charge in [0.05, 0.1) is 12.5 Å². The van der Waals surface area contributed by atoms with E-state index < -0.39 is 0 Å². The van der Waals surface area contributed by atoms with Gasteiger partial charge in [-0.2, -0.15) is 0 Å². The van der Waals surface area contributed by atoms with E-state index >= 15 is 0 Å². The summed E-state index contributed by atoms with van der Waals surface area (Å²) in [5.74, 6) is 0.792. The number of anilines is 1. The fourth-order valence-electron chi connectivity index (χ4n) is 4.26. The zero-order chi connectivity index (χ0) is 20.4. The molecule has 3 aromatic rings. The first-order chi connectivity index (χ1) is 14.0. The Hall–Kier alpha value is -3.07. The molecule has 1 amide bonds. The number of hydrogen-bond donors (Lipinski definition) is 1. The molecule has 1 atom stereocenters. The van der Waals surface area contributed by atoms with Crippen LogP contribution < -0.4 is 10.1 Å². The monoisotopic (exact) mass is 385 g/mol. The summed E-state index contributed by atoms with van der Waals surface area (Å²) < 4.78 is 5.48. The molecule has 0 bridgehead atoms. The molecule has 0 spiro atoms. The summed E-state index contributed by atoms with van der Waals surface area (Å²) in [4.78, 5) is 13.2. The second-order valence-corrected chi connectivity index (χ2v) is 7.91. The molecule has 1 N–H and O–H groups in total. The summed E-state index contributed by atoms with van der Waals surface area (Å²) in [5, 5.41) is 3.10. The largest absolute Gasteiger partial charge is 0.494 e. The van der Waals surface area contributed by atoms with Gasteiger partial charge < -0.3 is 10.1 Å². The van der Waals surface area contributed by atoms with E-state index in [1.807, 2.05) is 31.2 Å². The lowest BCUT2D eigenvalue weighted by atomic mass is 9.84. The number of aryl methyl sites for hydroxylation is 2. The molecule has 0 aliphatic heterocycles. The van der Waals surface area contributed by atoms with Crippen LogP contribution in [-0.4, -0.2) is 12.5 Å². The number of hydrogen-bond acceptors (Lipinski definition) is 2. The summed E-state index contributed by atoms with van der Waals surface area (Å²) in [5.41, 5.74) is 5.41. The molecule has 3 nitrogen and oxygen atoms in total. The smallest absolute Gasteiger partial charge is 0.228 e. The van der Waals surface area contributed by atoms with Crippen LogP contribution in [0.3, 0.4) is 0 Å². The predicted molar refractivity (Wildman–Crippen MR) is 117 cm³/mol. The molecular formula is C26H27NO2. The molecule has 29 heavy (non-hydrogen) atoms. The lowest BCUT2D eigenvalue weighted by Gasteiger charge is -2.20. The molecule has 0 radical (unpaired) electrons. The van der Waals surface area contributed by atoms with E-state index in [9.17, 15) is 4.79 Å². The Labute approximate surface area is 172 Å². The molecule has 3 aromatic carbocycles. The van der Waals surface area contributed by atoms with Crippen LogP contribution in [0.15, 0.2) is 72.8 Å². The third-order valence-corrected chi connectivity index (χ3v) is 5.78. The highest BCUT2D eigenvalue weighted by Gasteiger charge is 2.60. The maximum atomic E-state index is 13.2. The van der Waals surface area contributed by atoms with Crippen LogP contribution in [0.25, 0.3) is 0 Å². The summed E-state index contributed by atoms with van der Waals surface area (Å²) in [6.45, 7) is 6.79. The van der Waals surface area contributed by atoms with E-state index in [0.717, 1.165) is 17.9 Å². The van der Waals surface area contributed by atoms with Gasteiger partial charge in [-0.25, -0.2) is 0 Å². The first-order valence-corrected chi connectivity index (χ1v) is 10.2. The number of ether oxygens (including phenoxy) is 1. The summed E-state index contributed by atoms with van der Waals surface area (Å²) in [6, 6.07) is 24.7. The van der Waals surface area contributed by atoms with Crippen molar-refractivity contribution in [2.24, 2.45) is 5.92 Å². The van der Waals surface area contributed by atoms with E-state index in [4.69, 9.17) is 4.74 Å². The number of carbonyl (C=O) groups is 1. The molecule has 1 saturated carbocycles. The van der Waals surface area contributed by atoms with Crippen molar-refractivity contribution in [1.82, 2.24) is 0 Å². The molecule has 0 unspecified atom stereocenters. The average Bonchev–Trinajstić information content (AvgIpc) is 3.47. The molecule has 148 valence electrons. The van der Waals surface area contributed by atoms with Crippen molar-refractivity contribution in [1.29, 1.82) is 0 Å². The number of benzene rings is 3. The Kier molecular flexibility index (Phi) is 5.14. The number of rotatable bonds is 6.